The molecule has 0 atom stereocenters. The van der Waals surface area contributed by atoms with Gasteiger partial charge < -0.3 is 10.5 Å². The molecule has 0 unspecified atom stereocenters. The largest absolute Gasteiger partial charge is 0.410 e. The Morgan fingerprint density at radius 2 is 2.19 bits per heavy atom. The van der Waals surface area contributed by atoms with Crippen molar-refractivity contribution in [3.8, 4) is 16.9 Å². The quantitative estimate of drug-likeness (QED) is 0.890. The van der Waals surface area contributed by atoms with Crippen molar-refractivity contribution in [3.05, 3.63) is 40.0 Å². The third kappa shape index (κ3) is 2.35. The van der Waals surface area contributed by atoms with Crippen molar-refractivity contribution >= 4 is 29.0 Å². The van der Waals surface area contributed by atoms with Gasteiger partial charge in [-0.25, -0.2) is 4.79 Å². The summed E-state index contributed by atoms with van der Waals surface area (Å²) in [4.78, 5) is 10.7. The number of amides is 1. The second-order valence-electron chi connectivity index (χ2n) is 3.07. The van der Waals surface area contributed by atoms with Crippen molar-refractivity contribution in [1.82, 2.24) is 0 Å². The fraction of sp³-hybridized carbons (Fsp3) is 0. The fourth-order valence-corrected chi connectivity index (χ4v) is 2.17. The van der Waals surface area contributed by atoms with E-state index in [1.807, 2.05) is 16.8 Å². The lowest BCUT2D eigenvalue weighted by Crippen LogP contribution is -2.16. The first kappa shape index (κ1) is 11.0. The normalized spacial score (nSPS) is 10.1. The Hall–Kier alpha value is -1.52. The van der Waals surface area contributed by atoms with Crippen molar-refractivity contribution in [1.29, 1.82) is 0 Å². The van der Waals surface area contributed by atoms with Crippen LogP contribution in [-0.4, -0.2) is 6.09 Å². The van der Waals surface area contributed by atoms with Crippen molar-refractivity contribution in [2.75, 3.05) is 0 Å². The van der Waals surface area contributed by atoms with Crippen LogP contribution >= 0.6 is 22.9 Å². The summed E-state index contributed by atoms with van der Waals surface area (Å²) in [5.74, 6) is 0.412. The van der Waals surface area contributed by atoms with Crippen LogP contribution in [0.2, 0.25) is 5.02 Å². The second-order valence-corrected chi connectivity index (χ2v) is 4.29. The molecule has 0 saturated carbocycles. The predicted molar refractivity (Wildman–Crippen MR) is 65.0 cm³/mol. The van der Waals surface area contributed by atoms with Crippen LogP contribution < -0.4 is 10.5 Å². The molecule has 0 aliphatic heterocycles. The highest BCUT2D eigenvalue weighted by molar-refractivity contribution is 7.08. The first-order valence-electron chi connectivity index (χ1n) is 4.46. The van der Waals surface area contributed by atoms with Gasteiger partial charge in [-0.1, -0.05) is 11.6 Å². The highest BCUT2D eigenvalue weighted by atomic mass is 35.5. The van der Waals surface area contributed by atoms with Gasteiger partial charge in [0.1, 0.15) is 5.75 Å². The lowest BCUT2D eigenvalue weighted by molar-refractivity contribution is 0.211. The van der Waals surface area contributed by atoms with E-state index in [0.29, 0.717) is 10.8 Å². The zero-order valence-corrected chi connectivity index (χ0v) is 9.72. The van der Waals surface area contributed by atoms with Crippen LogP contribution in [0.5, 0.6) is 5.75 Å². The Balaban J connectivity index is 2.48. The minimum absolute atomic E-state index is 0.412. The zero-order valence-electron chi connectivity index (χ0n) is 8.14. The molecule has 3 nitrogen and oxygen atoms in total. The number of hydrogen-bond acceptors (Lipinski definition) is 3. The summed E-state index contributed by atoms with van der Waals surface area (Å²) in [6, 6.07) is 6.93. The van der Waals surface area contributed by atoms with Crippen molar-refractivity contribution in [2.24, 2.45) is 5.73 Å². The Labute approximate surface area is 101 Å². The second kappa shape index (κ2) is 4.55. The summed E-state index contributed by atoms with van der Waals surface area (Å²) >= 11 is 7.45. The molecule has 1 heterocycles. The first-order valence-corrected chi connectivity index (χ1v) is 5.78. The van der Waals surface area contributed by atoms with Gasteiger partial charge in [0.15, 0.2) is 0 Å². The molecule has 0 saturated heterocycles. The molecule has 1 aromatic heterocycles. The average Bonchev–Trinajstić information content (AvgIpc) is 2.73. The summed E-state index contributed by atoms with van der Waals surface area (Å²) in [6.45, 7) is 0. The van der Waals surface area contributed by atoms with E-state index in [0.717, 1.165) is 11.1 Å². The molecule has 0 aliphatic carbocycles. The molecule has 16 heavy (non-hydrogen) atoms. The molecule has 2 rings (SSSR count). The number of carbonyl (C=O) groups excluding carboxylic acids is 1. The molecule has 82 valence electrons. The van der Waals surface area contributed by atoms with Crippen LogP contribution in [0.25, 0.3) is 11.1 Å². The molecular weight excluding hydrogens is 246 g/mol. The summed E-state index contributed by atoms with van der Waals surface area (Å²) in [5, 5.41) is 4.46. The van der Waals surface area contributed by atoms with Crippen LogP contribution in [0.4, 0.5) is 4.79 Å². The van der Waals surface area contributed by atoms with E-state index in [4.69, 9.17) is 22.1 Å². The highest BCUT2D eigenvalue weighted by Crippen LogP contribution is 2.33. The van der Waals surface area contributed by atoms with Gasteiger partial charge in [-0.15, -0.1) is 0 Å². The van der Waals surface area contributed by atoms with Crippen LogP contribution in [0.1, 0.15) is 0 Å². The predicted octanol–water partition coefficient (Wildman–Crippen LogP) is 3.53. The Kier molecular flexibility index (Phi) is 3.12. The lowest BCUT2D eigenvalue weighted by Gasteiger charge is -2.07. The number of primary amides is 1. The van der Waals surface area contributed by atoms with Gasteiger partial charge in [0.25, 0.3) is 0 Å². The van der Waals surface area contributed by atoms with E-state index in [-0.39, 0.29) is 0 Å². The maximum Gasteiger partial charge on any atom is 0.409 e. The van der Waals surface area contributed by atoms with Gasteiger partial charge in [-0.2, -0.15) is 11.3 Å². The van der Waals surface area contributed by atoms with E-state index in [1.165, 1.54) is 0 Å². The average molecular weight is 254 g/mol. The number of thiophene rings is 1. The Morgan fingerprint density at radius 3 is 2.81 bits per heavy atom. The number of hydrogen-bond donors (Lipinski definition) is 1. The van der Waals surface area contributed by atoms with E-state index < -0.39 is 6.09 Å². The third-order valence-corrected chi connectivity index (χ3v) is 2.90. The molecular formula is C11H8ClNO2S. The standard InChI is InChI=1S/C11H8ClNO2S/c12-8-1-2-10(15-11(13)14)9(5-8)7-3-4-16-6-7/h1-6H,(H2,13,14). The maximum absolute atomic E-state index is 10.7. The third-order valence-electron chi connectivity index (χ3n) is 1.98. The smallest absolute Gasteiger partial charge is 0.409 e. The SMILES string of the molecule is NC(=O)Oc1ccc(Cl)cc1-c1ccsc1. The number of ether oxygens (including phenoxy) is 1. The van der Waals surface area contributed by atoms with Gasteiger partial charge in [0, 0.05) is 10.6 Å². The van der Waals surface area contributed by atoms with Gasteiger partial charge in [0.2, 0.25) is 0 Å². The lowest BCUT2D eigenvalue weighted by atomic mass is 10.1. The van der Waals surface area contributed by atoms with Crippen molar-refractivity contribution in [3.63, 3.8) is 0 Å². The summed E-state index contributed by atoms with van der Waals surface area (Å²) in [7, 11) is 0. The number of benzene rings is 1. The molecule has 1 amide bonds. The van der Waals surface area contributed by atoms with Crippen molar-refractivity contribution < 1.29 is 9.53 Å². The van der Waals surface area contributed by atoms with E-state index >= 15 is 0 Å². The van der Waals surface area contributed by atoms with Gasteiger partial charge in [-0.3, -0.25) is 0 Å². The highest BCUT2D eigenvalue weighted by Gasteiger charge is 2.09. The van der Waals surface area contributed by atoms with Crippen molar-refractivity contribution in [2.45, 2.75) is 0 Å². The Bertz CT molecular complexity index is 511. The topological polar surface area (TPSA) is 52.3 Å². The molecule has 0 spiro atoms. The molecule has 0 bridgehead atoms. The number of halogens is 1. The molecule has 2 aromatic rings. The number of carbonyl (C=O) groups is 1. The van der Waals surface area contributed by atoms with E-state index in [2.05, 4.69) is 0 Å². The first-order chi connectivity index (χ1) is 7.66. The van der Waals surface area contributed by atoms with E-state index in [1.54, 1.807) is 29.5 Å². The van der Waals surface area contributed by atoms with Crippen LogP contribution in [0, 0.1) is 0 Å². The molecule has 0 aliphatic rings. The maximum atomic E-state index is 10.7. The van der Waals surface area contributed by atoms with Crippen LogP contribution in [0.3, 0.4) is 0 Å². The summed E-state index contributed by atoms with van der Waals surface area (Å²) in [6.07, 6.45) is -0.834. The Morgan fingerprint density at radius 1 is 1.38 bits per heavy atom. The minimum atomic E-state index is -0.834. The van der Waals surface area contributed by atoms with Gasteiger partial charge >= 0.3 is 6.09 Å². The molecule has 1 aromatic carbocycles. The molecule has 0 radical (unpaired) electrons. The minimum Gasteiger partial charge on any atom is -0.410 e. The van der Waals surface area contributed by atoms with Gasteiger partial charge in [0.05, 0.1) is 0 Å². The summed E-state index contributed by atoms with van der Waals surface area (Å²) in [5.41, 5.74) is 6.70. The zero-order chi connectivity index (χ0) is 11.5. The van der Waals surface area contributed by atoms with E-state index in [9.17, 15) is 4.79 Å². The fourth-order valence-electron chi connectivity index (χ4n) is 1.34. The molecule has 2 N–H and O–H groups in total. The monoisotopic (exact) mass is 253 g/mol. The van der Waals surface area contributed by atoms with Crippen LogP contribution in [-0.2, 0) is 0 Å². The number of rotatable bonds is 2. The number of nitrogens with two attached hydrogens (primary N) is 1. The molecule has 0 fully saturated rings. The van der Waals surface area contributed by atoms with Crippen LogP contribution in [0.15, 0.2) is 35.0 Å². The molecule has 5 heteroatoms. The summed E-state index contributed by atoms with van der Waals surface area (Å²) < 4.78 is 4.91. The van der Waals surface area contributed by atoms with Gasteiger partial charge in [-0.05, 0) is 40.6 Å².